The first-order valence-corrected chi connectivity index (χ1v) is 42.5. The van der Waals surface area contributed by atoms with Crippen LogP contribution in [0, 0.1) is 0 Å². The van der Waals surface area contributed by atoms with Gasteiger partial charge in [0.25, 0.3) is 0 Å². The molecule has 0 aromatic heterocycles. The third-order valence-corrected chi connectivity index (χ3v) is 22.0. The van der Waals surface area contributed by atoms with Gasteiger partial charge in [-0.1, -0.05) is 234 Å². The summed E-state index contributed by atoms with van der Waals surface area (Å²) in [4.78, 5) is 110. The molecule has 5 heterocycles. The van der Waals surface area contributed by atoms with Crippen molar-refractivity contribution in [2.75, 3.05) is 34.0 Å². The summed E-state index contributed by atoms with van der Waals surface area (Å²) in [5.74, 6) is -7.15. The molecule has 0 unspecified atom stereocenters. The highest BCUT2D eigenvalue weighted by molar-refractivity contribution is 5.90. The number of methoxy groups -OCH3 is 2. The van der Waals surface area contributed by atoms with Crippen molar-refractivity contribution >= 4 is 41.8 Å². The van der Waals surface area contributed by atoms with E-state index >= 15 is 14.4 Å². The molecule has 13 rings (SSSR count). The summed E-state index contributed by atoms with van der Waals surface area (Å²) in [5, 5.41) is 25.9. The molecule has 133 heavy (non-hydrogen) atoms. The van der Waals surface area contributed by atoms with Gasteiger partial charge in [0.05, 0.1) is 51.3 Å². The lowest BCUT2D eigenvalue weighted by molar-refractivity contribution is -0.379. The Bertz CT molecular complexity index is 5220. The van der Waals surface area contributed by atoms with Crippen LogP contribution in [0.25, 0.3) is 31.3 Å². The van der Waals surface area contributed by atoms with Gasteiger partial charge in [-0.2, -0.15) is 0 Å². The molecule has 5 fully saturated rings. The number of carbonyl (C=O) groups is 7. The molecule has 5 aliphatic heterocycles. The zero-order valence-corrected chi connectivity index (χ0v) is 72.7. The van der Waals surface area contributed by atoms with Crippen LogP contribution < -0.4 is 0 Å². The van der Waals surface area contributed by atoms with Gasteiger partial charge in [-0.05, 0) is 74.2 Å². The SMILES string of the molecule is COC(=O)[C@@H]1O[C@@H](O[C@H]2[C@H](OCc3ccccc3)[C@@H](N=[N+]=[N-])[C@@H](OC)O[C@@H]2COC(=O)c2ccccc2)[C@H](OC(=O)c2ccccc2)[C@@H](OCc2ccccc2)[C@@H]1O[C@H]1O[C@H](COC(C)=O)[C@@H](O[C@@H]2O[C@H](C(=O)OCc3ccccc3)[C@@H](O[C@H]3O[C@H](COC(C)=O)[C@@H](OCc4ccccc4)[C@H](OCc4ccccc4)[C@H]3N=[N+]=[N-])[C@H](OCc3ccccc3)[C@H]2O)[C@H](OC(C)=O)[C@H]1N=[N+]=[N-]. The highest BCUT2D eigenvalue weighted by atomic mass is 16.8. The Kier molecular flexibility index (Phi) is 36.2. The van der Waals surface area contributed by atoms with Crippen LogP contribution in [0.15, 0.2) is 258 Å². The molecule has 0 spiro atoms. The number of hydrogen-bond acceptors (Lipinski definition) is 33. The van der Waals surface area contributed by atoms with Gasteiger partial charge in [0.1, 0.15) is 130 Å². The standard InChI is InChI=1S/C94H99N9O30/c1-55(104)114-52-66-73(116-46-58-30-14-6-15-31-58)76(117-47-59-32-16-7-17-33-59)70(99-102-96)91(125-66)130-81-79(119-49-61-36-20-9-21-37-61)72(107)93(132-84(81)89(111)121-51-63-40-24-11-25-41-63)128-75-67(53-115-56(2)105)126-92(71(100-103-97)78(75)123-57(3)106)131-82-80(120-50-62-38-22-10-23-39-62)85(127-87(109)65-44-28-13-29-45-65)94(133-83(82)88(110)112-4)129-74-68(54-122-86(108)64-42-26-12-27-43-64)124-90(113-5)69(98-101-95)77(74)118-48-60-34-18-8-19-35-60/h6-45,66-85,90-94,107H,46-54H2,1-5H3/t66-,67-,68-,69-,70-,71-,72-,73-,74-,75-,76-,77-,78-,79-,80+,81+,82+,83-,84+,85-,90+,91-,92-,93-,94-/m1/s1. The number of hydrogen-bond donors (Lipinski definition) is 1. The van der Waals surface area contributed by atoms with E-state index in [1.807, 2.05) is 6.07 Å². The number of rotatable bonds is 41. The van der Waals surface area contributed by atoms with E-state index in [0.717, 1.165) is 21.0 Å². The largest absolute Gasteiger partial charge is 0.467 e. The molecule has 5 saturated heterocycles. The number of benzene rings is 8. The van der Waals surface area contributed by atoms with Gasteiger partial charge in [0, 0.05) is 42.6 Å². The van der Waals surface area contributed by atoms with Crippen molar-refractivity contribution in [1.29, 1.82) is 0 Å². The van der Waals surface area contributed by atoms with Gasteiger partial charge in [-0.15, -0.1) is 0 Å². The topological polar surface area (TPSA) is 489 Å². The fourth-order valence-electron chi connectivity index (χ4n) is 15.7. The molecule has 8 aromatic rings. The Morgan fingerprint density at radius 1 is 0.316 bits per heavy atom. The zero-order valence-electron chi connectivity index (χ0n) is 72.7. The van der Waals surface area contributed by atoms with Crippen molar-refractivity contribution in [2.45, 2.75) is 214 Å². The molecule has 0 bridgehead atoms. The minimum atomic E-state index is -2.26. The van der Waals surface area contributed by atoms with Crippen LogP contribution in [0.2, 0.25) is 0 Å². The van der Waals surface area contributed by atoms with Crippen molar-refractivity contribution < 1.29 is 143 Å². The third-order valence-electron chi connectivity index (χ3n) is 22.0. The third kappa shape index (κ3) is 26.4. The smallest absolute Gasteiger partial charge is 0.338 e. The highest BCUT2D eigenvalue weighted by Gasteiger charge is 2.62. The maximum atomic E-state index is 15.6. The van der Waals surface area contributed by atoms with E-state index in [1.54, 1.807) is 212 Å². The number of ether oxygens (including phenoxy) is 22. The van der Waals surface area contributed by atoms with E-state index in [1.165, 1.54) is 38.3 Å². The lowest BCUT2D eigenvalue weighted by Crippen LogP contribution is -2.69. The van der Waals surface area contributed by atoms with Gasteiger partial charge in [-0.25, -0.2) is 19.2 Å². The number of nitrogens with zero attached hydrogens (tertiary/aromatic N) is 9. The summed E-state index contributed by atoms with van der Waals surface area (Å²) in [6.07, 6.45) is -41.1. The number of esters is 7. The average Bonchev–Trinajstić information content (AvgIpc) is 0.723. The number of aliphatic hydroxyl groups is 1. The average molecular weight is 1830 g/mol. The van der Waals surface area contributed by atoms with Crippen molar-refractivity contribution in [3.8, 4) is 0 Å². The molecular formula is C94H99N9O30. The Balaban J connectivity index is 0.902. The maximum Gasteiger partial charge on any atom is 0.338 e. The fraction of sp³-hybridized carbons (Fsp3) is 0.415. The first-order valence-electron chi connectivity index (χ1n) is 42.5. The number of azide groups is 3. The minimum Gasteiger partial charge on any atom is -0.467 e. The van der Waals surface area contributed by atoms with Crippen LogP contribution in [-0.4, -0.2) is 234 Å². The van der Waals surface area contributed by atoms with E-state index < -0.39 is 228 Å². The van der Waals surface area contributed by atoms with Crippen LogP contribution in [0.5, 0.6) is 0 Å². The van der Waals surface area contributed by atoms with Gasteiger partial charge in [0.15, 0.2) is 49.8 Å². The molecular weight excluding hydrogens is 1740 g/mol. The molecule has 8 aromatic carbocycles. The Labute approximate surface area is 762 Å². The van der Waals surface area contributed by atoms with E-state index in [-0.39, 0.29) is 37.6 Å². The lowest BCUT2D eigenvalue weighted by atomic mass is 9.93. The van der Waals surface area contributed by atoms with Gasteiger partial charge < -0.3 is 109 Å². The van der Waals surface area contributed by atoms with Gasteiger partial charge in [0.2, 0.25) is 0 Å². The summed E-state index contributed by atoms with van der Waals surface area (Å²) in [6, 6.07) is 62.6. The first kappa shape index (κ1) is 97.9. The normalized spacial score (nSPS) is 28.3. The van der Waals surface area contributed by atoms with Gasteiger partial charge >= 0.3 is 41.8 Å². The molecule has 700 valence electrons. The highest BCUT2D eigenvalue weighted by Crippen LogP contribution is 2.43. The second-order valence-electron chi connectivity index (χ2n) is 31.0. The zero-order chi connectivity index (χ0) is 93.5. The molecule has 1 N–H and O–H groups in total. The van der Waals surface area contributed by atoms with Gasteiger partial charge in [-0.3, -0.25) is 14.4 Å². The summed E-state index contributed by atoms with van der Waals surface area (Å²) < 4.78 is 143. The molecule has 0 amide bonds. The van der Waals surface area contributed by atoms with E-state index in [9.17, 15) is 40.9 Å². The molecule has 5 aliphatic rings. The second-order valence-corrected chi connectivity index (χ2v) is 31.0. The quantitative estimate of drug-likeness (QED) is 0.0122. The van der Waals surface area contributed by atoms with E-state index in [4.69, 9.17) is 104 Å². The van der Waals surface area contributed by atoms with E-state index in [0.29, 0.717) is 33.4 Å². The Morgan fingerprint density at radius 2 is 0.647 bits per heavy atom. The van der Waals surface area contributed by atoms with Crippen molar-refractivity contribution in [2.24, 2.45) is 15.3 Å². The van der Waals surface area contributed by atoms with Crippen LogP contribution in [-0.2, 0) is 168 Å². The van der Waals surface area contributed by atoms with Crippen molar-refractivity contribution in [1.82, 2.24) is 0 Å². The van der Waals surface area contributed by atoms with Crippen LogP contribution in [0.3, 0.4) is 0 Å². The molecule has 39 heteroatoms. The molecule has 25 atom stereocenters. The molecule has 39 nitrogen and oxygen atoms in total. The maximum absolute atomic E-state index is 15.6. The summed E-state index contributed by atoms with van der Waals surface area (Å²) in [6.45, 7) is -0.525. The summed E-state index contributed by atoms with van der Waals surface area (Å²) in [5.41, 5.74) is 35.3. The monoisotopic (exact) mass is 1830 g/mol. The summed E-state index contributed by atoms with van der Waals surface area (Å²) in [7, 11) is 2.26. The predicted octanol–water partition coefficient (Wildman–Crippen LogP) is 11.2. The molecule has 0 aliphatic carbocycles. The lowest BCUT2D eigenvalue weighted by Gasteiger charge is -2.51. The molecule has 0 radical (unpaired) electrons. The summed E-state index contributed by atoms with van der Waals surface area (Å²) >= 11 is 0. The number of aliphatic hydroxyl groups excluding tert-OH is 1. The van der Waals surface area contributed by atoms with Crippen molar-refractivity contribution in [3.63, 3.8) is 0 Å². The van der Waals surface area contributed by atoms with Crippen molar-refractivity contribution in [3.05, 3.63) is 318 Å². The first-order chi connectivity index (χ1) is 64.8. The Morgan fingerprint density at radius 3 is 1.08 bits per heavy atom. The Hall–Kier alpha value is -12.7. The second kappa shape index (κ2) is 49.2. The van der Waals surface area contributed by atoms with E-state index in [2.05, 4.69) is 30.1 Å². The van der Waals surface area contributed by atoms with Crippen LogP contribution >= 0.6 is 0 Å². The predicted molar refractivity (Wildman–Crippen MR) is 459 cm³/mol. The van der Waals surface area contributed by atoms with Crippen LogP contribution in [0.1, 0.15) is 74.9 Å². The molecule has 0 saturated carbocycles. The minimum absolute atomic E-state index is 0.0550. The van der Waals surface area contributed by atoms with Crippen LogP contribution in [0.4, 0.5) is 0 Å². The number of carbonyl (C=O) groups excluding carboxylic acids is 7. The fourth-order valence-corrected chi connectivity index (χ4v) is 15.7.